The Morgan fingerprint density at radius 3 is 2.35 bits per heavy atom. The van der Waals surface area contributed by atoms with Crippen molar-refractivity contribution in [1.82, 2.24) is 0 Å². The predicted octanol–water partition coefficient (Wildman–Crippen LogP) is 8.16. The van der Waals surface area contributed by atoms with E-state index < -0.39 is 17.9 Å². The van der Waals surface area contributed by atoms with Crippen molar-refractivity contribution in [2.75, 3.05) is 0 Å². The largest absolute Gasteiger partial charge is 0.573 e. The van der Waals surface area contributed by atoms with E-state index in [1.165, 1.54) is 44.6 Å². The van der Waals surface area contributed by atoms with Crippen LogP contribution in [0.3, 0.4) is 0 Å². The van der Waals surface area contributed by atoms with E-state index in [0.717, 1.165) is 43.2 Å². The molecule has 0 radical (unpaired) electrons. The number of ether oxygens (including phenoxy) is 1. The lowest BCUT2D eigenvalue weighted by molar-refractivity contribution is -0.275. The fourth-order valence-electron chi connectivity index (χ4n) is 4.98. The number of benzene rings is 1. The molecule has 0 bridgehead atoms. The zero-order valence-corrected chi connectivity index (χ0v) is 18.2. The number of hydrogen-bond donors (Lipinski definition) is 0. The molecule has 2 saturated carbocycles. The monoisotopic (exact) mass is 436 g/mol. The number of hydrogen-bond acceptors (Lipinski definition) is 1. The van der Waals surface area contributed by atoms with Gasteiger partial charge in [0, 0.05) is 5.92 Å². The highest BCUT2D eigenvalue weighted by molar-refractivity contribution is 5.32. The quantitative estimate of drug-likeness (QED) is 0.334. The molecule has 0 aromatic heterocycles. The highest BCUT2D eigenvalue weighted by atomic mass is 19.4. The van der Waals surface area contributed by atoms with Crippen LogP contribution in [0.25, 0.3) is 0 Å². The standard InChI is InChI=1S/C26H32F4O/c1-2-5-19-8-10-20(11-9-19)6-3-4-7-21-12-14-22(15-13-21)23-16-17-25(24(27)18-23)31-26(28,29)30/h3,6,16-22H,2,5,8-15H2,1H3/b6-3+/t19-,20-,21-,22-. The SMILES string of the molecule is CCC[C@H]1CC[C@H](/C=C/C#C[C@H]2CC[C@H](c3ccc(OC(F)(F)F)c(F)c3)CC2)CC1. The second kappa shape index (κ2) is 11.1. The van der Waals surface area contributed by atoms with Crippen molar-refractivity contribution in [1.29, 1.82) is 0 Å². The first-order valence-electron chi connectivity index (χ1n) is 11.6. The minimum absolute atomic E-state index is 0.154. The molecule has 0 saturated heterocycles. The van der Waals surface area contributed by atoms with Crippen molar-refractivity contribution in [2.45, 2.75) is 83.4 Å². The minimum atomic E-state index is -4.89. The summed E-state index contributed by atoms with van der Waals surface area (Å²) in [4.78, 5) is 0. The molecule has 2 fully saturated rings. The van der Waals surface area contributed by atoms with Gasteiger partial charge in [-0.15, -0.1) is 13.2 Å². The summed E-state index contributed by atoms with van der Waals surface area (Å²) in [6.07, 6.45) is 10.9. The summed E-state index contributed by atoms with van der Waals surface area (Å²) >= 11 is 0. The molecule has 170 valence electrons. The van der Waals surface area contributed by atoms with E-state index in [9.17, 15) is 17.6 Å². The first-order chi connectivity index (χ1) is 14.8. The molecule has 1 aromatic carbocycles. The summed E-state index contributed by atoms with van der Waals surface area (Å²) in [5.41, 5.74) is 0.733. The predicted molar refractivity (Wildman–Crippen MR) is 115 cm³/mol. The van der Waals surface area contributed by atoms with Gasteiger partial charge in [0.1, 0.15) is 0 Å². The van der Waals surface area contributed by atoms with Crippen LogP contribution in [0.4, 0.5) is 17.6 Å². The van der Waals surface area contributed by atoms with Crippen LogP contribution in [0.1, 0.15) is 82.6 Å². The zero-order valence-electron chi connectivity index (χ0n) is 18.2. The van der Waals surface area contributed by atoms with Crippen LogP contribution in [-0.4, -0.2) is 6.36 Å². The molecule has 0 unspecified atom stereocenters. The molecule has 5 heteroatoms. The van der Waals surface area contributed by atoms with Crippen molar-refractivity contribution in [3.8, 4) is 17.6 Å². The summed E-state index contributed by atoms with van der Waals surface area (Å²) in [6.45, 7) is 2.26. The van der Waals surface area contributed by atoms with E-state index in [2.05, 4.69) is 29.6 Å². The van der Waals surface area contributed by atoms with E-state index in [-0.39, 0.29) is 5.92 Å². The van der Waals surface area contributed by atoms with Crippen molar-refractivity contribution < 1.29 is 22.3 Å². The summed E-state index contributed by atoms with van der Waals surface area (Å²) in [6, 6.07) is 3.79. The highest BCUT2D eigenvalue weighted by Gasteiger charge is 2.32. The maximum absolute atomic E-state index is 14.0. The summed E-state index contributed by atoms with van der Waals surface area (Å²) in [5, 5.41) is 0. The number of allylic oxidation sites excluding steroid dienone is 2. The fraction of sp³-hybridized carbons (Fsp3) is 0.615. The van der Waals surface area contributed by atoms with Gasteiger partial charge >= 0.3 is 6.36 Å². The second-order valence-electron chi connectivity index (χ2n) is 9.00. The number of alkyl halides is 3. The van der Waals surface area contributed by atoms with E-state index >= 15 is 0 Å². The lowest BCUT2D eigenvalue weighted by Crippen LogP contribution is -2.18. The number of halogens is 4. The van der Waals surface area contributed by atoms with Gasteiger partial charge in [-0.3, -0.25) is 0 Å². The Bertz CT molecular complexity index is 786. The Hall–Kier alpha value is -1.96. The van der Waals surface area contributed by atoms with E-state index in [1.807, 2.05) is 6.08 Å². The molecular formula is C26H32F4O. The van der Waals surface area contributed by atoms with Crippen LogP contribution in [0, 0.1) is 35.4 Å². The molecule has 31 heavy (non-hydrogen) atoms. The van der Waals surface area contributed by atoms with Crippen LogP contribution >= 0.6 is 0 Å². The molecule has 0 spiro atoms. The Morgan fingerprint density at radius 1 is 1.03 bits per heavy atom. The molecule has 0 atom stereocenters. The molecular weight excluding hydrogens is 404 g/mol. The van der Waals surface area contributed by atoms with Gasteiger partial charge in [0.15, 0.2) is 11.6 Å². The van der Waals surface area contributed by atoms with Gasteiger partial charge in [0.05, 0.1) is 0 Å². The van der Waals surface area contributed by atoms with Crippen molar-refractivity contribution in [2.24, 2.45) is 17.8 Å². The third kappa shape index (κ3) is 7.59. The summed E-state index contributed by atoms with van der Waals surface area (Å²) in [7, 11) is 0. The second-order valence-corrected chi connectivity index (χ2v) is 9.00. The average molecular weight is 437 g/mol. The van der Waals surface area contributed by atoms with Gasteiger partial charge in [0.2, 0.25) is 0 Å². The van der Waals surface area contributed by atoms with E-state index in [4.69, 9.17) is 0 Å². The molecule has 0 aliphatic heterocycles. The van der Waals surface area contributed by atoms with Gasteiger partial charge in [-0.1, -0.05) is 43.7 Å². The first kappa shape index (κ1) is 23.7. The molecule has 1 aromatic rings. The molecule has 1 nitrogen and oxygen atoms in total. The maximum Gasteiger partial charge on any atom is 0.573 e. The van der Waals surface area contributed by atoms with Crippen molar-refractivity contribution >= 4 is 0 Å². The first-order valence-corrected chi connectivity index (χ1v) is 11.6. The lowest BCUT2D eigenvalue weighted by Gasteiger charge is -2.26. The molecule has 2 aliphatic carbocycles. The van der Waals surface area contributed by atoms with Crippen LogP contribution in [0.15, 0.2) is 30.4 Å². The van der Waals surface area contributed by atoms with Gasteiger partial charge in [0.25, 0.3) is 0 Å². The molecule has 2 aliphatic rings. The van der Waals surface area contributed by atoms with E-state index in [1.54, 1.807) is 6.07 Å². The van der Waals surface area contributed by atoms with Crippen LogP contribution in [0.5, 0.6) is 5.75 Å². The fourth-order valence-corrected chi connectivity index (χ4v) is 4.98. The Labute approximate surface area is 183 Å². The van der Waals surface area contributed by atoms with Gasteiger partial charge in [-0.2, -0.15) is 0 Å². The molecule has 0 N–H and O–H groups in total. The minimum Gasteiger partial charge on any atom is -0.403 e. The van der Waals surface area contributed by atoms with Gasteiger partial charge in [-0.25, -0.2) is 4.39 Å². The van der Waals surface area contributed by atoms with Crippen LogP contribution in [-0.2, 0) is 0 Å². The lowest BCUT2D eigenvalue weighted by atomic mass is 9.79. The van der Waals surface area contributed by atoms with Gasteiger partial charge in [-0.05, 0) is 92.9 Å². The molecule has 0 amide bonds. The third-order valence-electron chi connectivity index (χ3n) is 6.71. The van der Waals surface area contributed by atoms with Crippen LogP contribution in [0.2, 0.25) is 0 Å². The Morgan fingerprint density at radius 2 is 1.74 bits per heavy atom. The molecule has 0 heterocycles. The Balaban J connectivity index is 1.44. The maximum atomic E-state index is 14.0. The summed E-state index contributed by atoms with van der Waals surface area (Å²) < 4.78 is 54.6. The highest BCUT2D eigenvalue weighted by Crippen LogP contribution is 2.37. The smallest absolute Gasteiger partial charge is 0.403 e. The van der Waals surface area contributed by atoms with Gasteiger partial charge < -0.3 is 4.74 Å². The normalized spacial score (nSPS) is 27.0. The molecule has 3 rings (SSSR count). The van der Waals surface area contributed by atoms with Crippen LogP contribution < -0.4 is 4.74 Å². The van der Waals surface area contributed by atoms with Crippen molar-refractivity contribution in [3.05, 3.63) is 41.7 Å². The Kier molecular flexibility index (Phi) is 8.46. The summed E-state index contributed by atoms with van der Waals surface area (Å²) in [5.74, 6) is 6.89. The number of rotatable bonds is 5. The average Bonchev–Trinajstić information content (AvgIpc) is 2.74. The third-order valence-corrected chi connectivity index (χ3v) is 6.71. The van der Waals surface area contributed by atoms with Crippen molar-refractivity contribution in [3.63, 3.8) is 0 Å². The van der Waals surface area contributed by atoms with E-state index in [0.29, 0.717) is 11.8 Å². The topological polar surface area (TPSA) is 9.23 Å². The zero-order chi connectivity index (χ0) is 22.3.